The van der Waals surface area contributed by atoms with Gasteiger partial charge in [0, 0.05) is 7.11 Å². The molecule has 0 aliphatic rings. The van der Waals surface area contributed by atoms with Crippen LogP contribution in [0.25, 0.3) is 0 Å². The number of ether oxygens (including phenoxy) is 1. The molecule has 2 heteroatoms. The van der Waals surface area contributed by atoms with Gasteiger partial charge in [0.2, 0.25) is 0 Å². The van der Waals surface area contributed by atoms with Gasteiger partial charge in [-0.3, -0.25) is 0 Å². The van der Waals surface area contributed by atoms with Gasteiger partial charge in [-0.2, -0.15) is 0 Å². The van der Waals surface area contributed by atoms with Crippen molar-refractivity contribution in [3.8, 4) is 0 Å². The van der Waals surface area contributed by atoms with Gasteiger partial charge in [0.1, 0.15) is 0 Å². The normalized spacial score (nSPS) is 14.9. The average molecular weight is 235 g/mol. The molecule has 0 fully saturated rings. The van der Waals surface area contributed by atoms with E-state index >= 15 is 0 Å². The predicted octanol–water partition coefficient (Wildman–Crippen LogP) is 3.26. The quantitative estimate of drug-likeness (QED) is 0.783. The van der Waals surface area contributed by atoms with Crippen LogP contribution >= 0.6 is 0 Å². The highest BCUT2D eigenvalue weighted by molar-refractivity contribution is 5.18. The van der Waals surface area contributed by atoms with E-state index in [-0.39, 0.29) is 0 Å². The fourth-order valence-electron chi connectivity index (χ4n) is 1.69. The maximum Gasteiger partial charge on any atom is 0.0657 e. The molecule has 96 valence electrons. The van der Waals surface area contributed by atoms with E-state index in [1.54, 1.807) is 7.11 Å². The molecule has 1 aromatic rings. The fraction of sp³-hybridized carbons (Fsp3) is 0.600. The Hall–Kier alpha value is -0.860. The summed E-state index contributed by atoms with van der Waals surface area (Å²) in [7, 11) is 1.75. The molecular weight excluding hydrogens is 210 g/mol. The van der Waals surface area contributed by atoms with Gasteiger partial charge in [0.15, 0.2) is 0 Å². The van der Waals surface area contributed by atoms with Crippen molar-refractivity contribution in [3.63, 3.8) is 0 Å². The monoisotopic (exact) mass is 235 g/mol. The standard InChI is InChI=1S/C15H25NO/c1-12(2)13(3)10-16-15(11-17-4)14-8-6-5-7-9-14/h5-9,12-13,15-16H,10-11H2,1-4H3. The Morgan fingerprint density at radius 1 is 1.12 bits per heavy atom. The van der Waals surface area contributed by atoms with Gasteiger partial charge in [-0.25, -0.2) is 0 Å². The molecule has 0 heterocycles. The molecule has 0 saturated heterocycles. The van der Waals surface area contributed by atoms with E-state index in [0.717, 1.165) is 13.2 Å². The Bertz CT molecular complexity index is 297. The molecule has 2 unspecified atom stereocenters. The third-order valence-electron chi connectivity index (χ3n) is 3.36. The van der Waals surface area contributed by atoms with Gasteiger partial charge >= 0.3 is 0 Å². The first-order valence-corrected chi connectivity index (χ1v) is 6.42. The zero-order chi connectivity index (χ0) is 12.7. The summed E-state index contributed by atoms with van der Waals surface area (Å²) in [6.07, 6.45) is 0. The topological polar surface area (TPSA) is 21.3 Å². The van der Waals surface area contributed by atoms with E-state index < -0.39 is 0 Å². The van der Waals surface area contributed by atoms with E-state index in [0.29, 0.717) is 17.9 Å². The Labute approximate surface area is 105 Å². The Morgan fingerprint density at radius 2 is 1.76 bits per heavy atom. The van der Waals surface area contributed by atoms with Gasteiger partial charge in [-0.1, -0.05) is 51.1 Å². The predicted molar refractivity (Wildman–Crippen MR) is 73.1 cm³/mol. The van der Waals surface area contributed by atoms with Gasteiger partial charge in [0.05, 0.1) is 12.6 Å². The Kier molecular flexibility index (Phi) is 6.23. The number of hydrogen-bond acceptors (Lipinski definition) is 2. The van der Waals surface area contributed by atoms with Crippen molar-refractivity contribution in [2.45, 2.75) is 26.8 Å². The van der Waals surface area contributed by atoms with Crippen LogP contribution in [0.4, 0.5) is 0 Å². The van der Waals surface area contributed by atoms with E-state index in [4.69, 9.17) is 4.74 Å². The molecule has 17 heavy (non-hydrogen) atoms. The molecule has 1 rings (SSSR count). The molecule has 0 aliphatic carbocycles. The zero-order valence-corrected chi connectivity index (χ0v) is 11.4. The van der Waals surface area contributed by atoms with Crippen molar-refractivity contribution < 1.29 is 4.74 Å². The summed E-state index contributed by atoms with van der Waals surface area (Å²) in [6, 6.07) is 10.8. The molecule has 0 aliphatic heterocycles. The number of methoxy groups -OCH3 is 1. The Balaban J connectivity index is 2.55. The van der Waals surface area contributed by atoms with Crippen molar-refractivity contribution in [3.05, 3.63) is 35.9 Å². The first kappa shape index (κ1) is 14.2. The van der Waals surface area contributed by atoms with Crippen LogP contribution in [0, 0.1) is 11.8 Å². The second kappa shape index (κ2) is 7.46. The van der Waals surface area contributed by atoms with Crippen LogP contribution in [-0.4, -0.2) is 20.3 Å². The number of rotatable bonds is 7. The van der Waals surface area contributed by atoms with E-state index in [2.05, 4.69) is 50.4 Å². The first-order valence-electron chi connectivity index (χ1n) is 6.42. The molecule has 0 saturated carbocycles. The van der Waals surface area contributed by atoms with E-state index in [9.17, 15) is 0 Å². The van der Waals surface area contributed by atoms with Crippen molar-refractivity contribution >= 4 is 0 Å². The second-order valence-electron chi connectivity index (χ2n) is 5.05. The van der Waals surface area contributed by atoms with Crippen LogP contribution in [0.15, 0.2) is 30.3 Å². The molecule has 0 spiro atoms. The fourth-order valence-corrected chi connectivity index (χ4v) is 1.69. The summed E-state index contributed by atoms with van der Waals surface area (Å²) in [6.45, 7) is 8.56. The van der Waals surface area contributed by atoms with Gasteiger partial charge in [-0.15, -0.1) is 0 Å². The number of nitrogens with one attached hydrogen (secondary N) is 1. The number of benzene rings is 1. The third kappa shape index (κ3) is 4.88. The highest BCUT2D eigenvalue weighted by Gasteiger charge is 2.13. The highest BCUT2D eigenvalue weighted by atomic mass is 16.5. The first-order chi connectivity index (χ1) is 8.15. The lowest BCUT2D eigenvalue weighted by Crippen LogP contribution is -2.30. The second-order valence-corrected chi connectivity index (χ2v) is 5.05. The summed E-state index contributed by atoms with van der Waals surface area (Å²) < 4.78 is 5.29. The molecule has 2 nitrogen and oxygen atoms in total. The molecule has 0 radical (unpaired) electrons. The largest absolute Gasteiger partial charge is 0.383 e. The summed E-state index contributed by atoms with van der Waals surface area (Å²) in [4.78, 5) is 0. The summed E-state index contributed by atoms with van der Waals surface area (Å²) in [5.74, 6) is 1.39. The molecule has 0 aromatic heterocycles. The van der Waals surface area contributed by atoms with Gasteiger partial charge < -0.3 is 10.1 Å². The third-order valence-corrected chi connectivity index (χ3v) is 3.36. The molecule has 1 aromatic carbocycles. The minimum atomic E-state index is 0.294. The van der Waals surface area contributed by atoms with Crippen LogP contribution in [0.5, 0.6) is 0 Å². The van der Waals surface area contributed by atoms with Crippen molar-refractivity contribution in [2.75, 3.05) is 20.3 Å². The van der Waals surface area contributed by atoms with Crippen molar-refractivity contribution in [2.24, 2.45) is 11.8 Å². The van der Waals surface area contributed by atoms with E-state index in [1.165, 1.54) is 5.56 Å². The van der Waals surface area contributed by atoms with Gasteiger partial charge in [-0.05, 0) is 23.9 Å². The lowest BCUT2D eigenvalue weighted by Gasteiger charge is -2.22. The lowest BCUT2D eigenvalue weighted by atomic mass is 9.97. The van der Waals surface area contributed by atoms with Crippen molar-refractivity contribution in [1.82, 2.24) is 5.32 Å². The minimum Gasteiger partial charge on any atom is -0.383 e. The zero-order valence-electron chi connectivity index (χ0n) is 11.4. The van der Waals surface area contributed by atoms with Crippen LogP contribution < -0.4 is 5.32 Å². The maximum absolute atomic E-state index is 5.29. The van der Waals surface area contributed by atoms with Gasteiger partial charge in [0.25, 0.3) is 0 Å². The van der Waals surface area contributed by atoms with Crippen molar-refractivity contribution in [1.29, 1.82) is 0 Å². The summed E-state index contributed by atoms with van der Waals surface area (Å²) in [5, 5.41) is 3.59. The van der Waals surface area contributed by atoms with Crippen LogP contribution in [0.1, 0.15) is 32.4 Å². The molecule has 2 atom stereocenters. The highest BCUT2D eigenvalue weighted by Crippen LogP contribution is 2.15. The van der Waals surface area contributed by atoms with Crippen LogP contribution in [0.2, 0.25) is 0 Å². The summed E-state index contributed by atoms with van der Waals surface area (Å²) in [5.41, 5.74) is 1.30. The lowest BCUT2D eigenvalue weighted by molar-refractivity contribution is 0.163. The maximum atomic E-state index is 5.29. The Morgan fingerprint density at radius 3 is 2.29 bits per heavy atom. The molecule has 0 bridgehead atoms. The molecule has 1 N–H and O–H groups in total. The van der Waals surface area contributed by atoms with Crippen LogP contribution in [0.3, 0.4) is 0 Å². The van der Waals surface area contributed by atoms with Crippen LogP contribution in [-0.2, 0) is 4.74 Å². The minimum absolute atomic E-state index is 0.294. The SMILES string of the molecule is COCC(NCC(C)C(C)C)c1ccccc1. The number of hydrogen-bond donors (Lipinski definition) is 1. The molecular formula is C15H25NO. The van der Waals surface area contributed by atoms with E-state index in [1.807, 2.05) is 6.07 Å². The average Bonchev–Trinajstić information content (AvgIpc) is 2.35. The smallest absolute Gasteiger partial charge is 0.0657 e. The summed E-state index contributed by atoms with van der Waals surface area (Å²) >= 11 is 0. The molecule has 0 amide bonds.